The van der Waals surface area contributed by atoms with Crippen molar-refractivity contribution in [2.75, 3.05) is 25.5 Å². The molecule has 0 unspecified atom stereocenters. The van der Waals surface area contributed by atoms with Crippen molar-refractivity contribution in [3.63, 3.8) is 0 Å². The second-order valence-corrected chi connectivity index (χ2v) is 4.27. The fourth-order valence-electron chi connectivity index (χ4n) is 2.01. The van der Waals surface area contributed by atoms with E-state index in [1.54, 1.807) is 0 Å². The fraction of sp³-hybridized carbons (Fsp3) is 0.583. The molecule has 0 amide bonds. The first-order valence-electron chi connectivity index (χ1n) is 5.82. The van der Waals surface area contributed by atoms with Gasteiger partial charge in [0.25, 0.3) is 0 Å². The standard InChI is InChI=1S/C12H19N3O/c1-13-12-4-2-3-10(14-12)9-15-7-5-11(16)6-8-15/h2-4,11,16H,5-9H2,1H3,(H,13,14). The highest BCUT2D eigenvalue weighted by molar-refractivity contribution is 5.34. The van der Waals surface area contributed by atoms with Gasteiger partial charge in [0.1, 0.15) is 5.82 Å². The monoisotopic (exact) mass is 221 g/mol. The van der Waals surface area contributed by atoms with E-state index in [9.17, 15) is 5.11 Å². The SMILES string of the molecule is CNc1cccc(CN2CCC(O)CC2)n1. The van der Waals surface area contributed by atoms with Crippen LogP contribution in [-0.2, 0) is 6.54 Å². The Morgan fingerprint density at radius 3 is 2.88 bits per heavy atom. The number of nitrogens with zero attached hydrogens (tertiary/aromatic N) is 2. The maximum Gasteiger partial charge on any atom is 0.126 e. The van der Waals surface area contributed by atoms with E-state index in [0.717, 1.165) is 44.0 Å². The highest BCUT2D eigenvalue weighted by Crippen LogP contribution is 2.13. The van der Waals surface area contributed by atoms with Gasteiger partial charge in [0.15, 0.2) is 0 Å². The Hall–Kier alpha value is -1.13. The highest BCUT2D eigenvalue weighted by atomic mass is 16.3. The molecular weight excluding hydrogens is 202 g/mol. The van der Waals surface area contributed by atoms with Crippen molar-refractivity contribution in [1.82, 2.24) is 9.88 Å². The third-order valence-corrected chi connectivity index (χ3v) is 3.01. The summed E-state index contributed by atoms with van der Waals surface area (Å²) in [5.41, 5.74) is 1.09. The zero-order valence-electron chi connectivity index (χ0n) is 9.69. The van der Waals surface area contributed by atoms with Gasteiger partial charge in [0.2, 0.25) is 0 Å². The summed E-state index contributed by atoms with van der Waals surface area (Å²) in [7, 11) is 1.88. The van der Waals surface area contributed by atoms with E-state index in [-0.39, 0.29) is 6.10 Å². The summed E-state index contributed by atoms with van der Waals surface area (Å²) < 4.78 is 0. The number of pyridine rings is 1. The quantitative estimate of drug-likeness (QED) is 0.802. The molecule has 1 saturated heterocycles. The molecule has 1 aromatic rings. The molecule has 4 nitrogen and oxygen atoms in total. The Bertz CT molecular complexity index is 335. The van der Waals surface area contributed by atoms with E-state index in [1.807, 2.05) is 25.2 Å². The summed E-state index contributed by atoms with van der Waals surface area (Å²) in [6.07, 6.45) is 1.66. The summed E-state index contributed by atoms with van der Waals surface area (Å²) in [4.78, 5) is 6.83. The summed E-state index contributed by atoms with van der Waals surface area (Å²) >= 11 is 0. The number of piperidine rings is 1. The topological polar surface area (TPSA) is 48.4 Å². The molecule has 0 bridgehead atoms. The molecule has 4 heteroatoms. The average molecular weight is 221 g/mol. The normalized spacial score (nSPS) is 18.6. The summed E-state index contributed by atoms with van der Waals surface area (Å²) in [6.45, 7) is 2.81. The molecule has 88 valence electrons. The number of aliphatic hydroxyl groups excluding tert-OH is 1. The first-order chi connectivity index (χ1) is 7.78. The molecule has 16 heavy (non-hydrogen) atoms. The minimum Gasteiger partial charge on any atom is -0.393 e. The van der Waals surface area contributed by atoms with Gasteiger partial charge in [-0.15, -0.1) is 0 Å². The Balaban J connectivity index is 1.93. The predicted octanol–water partition coefficient (Wildman–Crippen LogP) is 1.08. The molecule has 0 radical (unpaired) electrons. The van der Waals surface area contributed by atoms with Crippen LogP contribution in [0.1, 0.15) is 18.5 Å². The maximum atomic E-state index is 9.42. The molecule has 0 spiro atoms. The molecule has 0 aliphatic carbocycles. The van der Waals surface area contributed by atoms with Crippen LogP contribution in [0.2, 0.25) is 0 Å². The zero-order chi connectivity index (χ0) is 11.4. The number of aliphatic hydroxyl groups is 1. The number of nitrogens with one attached hydrogen (secondary N) is 1. The highest BCUT2D eigenvalue weighted by Gasteiger charge is 2.17. The van der Waals surface area contributed by atoms with E-state index >= 15 is 0 Å². The fourth-order valence-corrected chi connectivity index (χ4v) is 2.01. The lowest BCUT2D eigenvalue weighted by Crippen LogP contribution is -2.35. The number of aromatic nitrogens is 1. The van der Waals surface area contributed by atoms with Gasteiger partial charge in [-0.2, -0.15) is 0 Å². The number of rotatable bonds is 3. The van der Waals surface area contributed by atoms with Crippen LogP contribution in [-0.4, -0.2) is 41.2 Å². The molecule has 0 aromatic carbocycles. The van der Waals surface area contributed by atoms with Crippen LogP contribution in [0.4, 0.5) is 5.82 Å². The van der Waals surface area contributed by atoms with E-state index in [4.69, 9.17) is 0 Å². The lowest BCUT2D eigenvalue weighted by atomic mass is 10.1. The van der Waals surface area contributed by atoms with E-state index in [1.165, 1.54) is 0 Å². The molecule has 1 aliphatic heterocycles. The van der Waals surface area contributed by atoms with Crippen molar-refractivity contribution in [2.24, 2.45) is 0 Å². The van der Waals surface area contributed by atoms with Crippen LogP contribution in [0, 0.1) is 0 Å². The Morgan fingerprint density at radius 1 is 1.44 bits per heavy atom. The third-order valence-electron chi connectivity index (χ3n) is 3.01. The van der Waals surface area contributed by atoms with Crippen LogP contribution < -0.4 is 5.32 Å². The first-order valence-corrected chi connectivity index (χ1v) is 5.82. The van der Waals surface area contributed by atoms with Gasteiger partial charge in [-0.3, -0.25) is 4.90 Å². The zero-order valence-corrected chi connectivity index (χ0v) is 9.69. The van der Waals surface area contributed by atoms with Gasteiger partial charge in [-0.1, -0.05) is 6.07 Å². The van der Waals surface area contributed by atoms with E-state index in [0.29, 0.717) is 0 Å². The number of likely N-dealkylation sites (tertiary alicyclic amines) is 1. The Labute approximate surface area is 96.3 Å². The van der Waals surface area contributed by atoms with Crippen LogP contribution in [0.25, 0.3) is 0 Å². The summed E-state index contributed by atoms with van der Waals surface area (Å²) in [5, 5.41) is 12.5. The molecule has 1 fully saturated rings. The molecular formula is C12H19N3O. The van der Waals surface area contributed by atoms with Gasteiger partial charge in [-0.25, -0.2) is 4.98 Å². The molecule has 0 saturated carbocycles. The summed E-state index contributed by atoms with van der Waals surface area (Å²) in [6, 6.07) is 6.03. The number of anilines is 1. The minimum atomic E-state index is -0.104. The van der Waals surface area contributed by atoms with Crippen molar-refractivity contribution >= 4 is 5.82 Å². The molecule has 1 aromatic heterocycles. The number of hydrogen-bond donors (Lipinski definition) is 2. The van der Waals surface area contributed by atoms with Gasteiger partial charge in [-0.05, 0) is 25.0 Å². The lowest BCUT2D eigenvalue weighted by molar-refractivity contribution is 0.0787. The van der Waals surface area contributed by atoms with Crippen molar-refractivity contribution in [3.8, 4) is 0 Å². The smallest absolute Gasteiger partial charge is 0.126 e. The largest absolute Gasteiger partial charge is 0.393 e. The first kappa shape index (κ1) is 11.4. The van der Waals surface area contributed by atoms with Gasteiger partial charge in [0.05, 0.1) is 11.8 Å². The van der Waals surface area contributed by atoms with Crippen LogP contribution in [0.15, 0.2) is 18.2 Å². The molecule has 0 atom stereocenters. The Kier molecular flexibility index (Phi) is 3.74. The molecule has 2 N–H and O–H groups in total. The lowest BCUT2D eigenvalue weighted by Gasteiger charge is -2.29. The predicted molar refractivity (Wildman–Crippen MR) is 64.3 cm³/mol. The van der Waals surface area contributed by atoms with Crippen molar-refractivity contribution < 1.29 is 5.11 Å². The van der Waals surface area contributed by atoms with Crippen molar-refractivity contribution in [3.05, 3.63) is 23.9 Å². The number of hydrogen-bond acceptors (Lipinski definition) is 4. The molecule has 2 rings (SSSR count). The average Bonchev–Trinajstić information content (AvgIpc) is 2.32. The van der Waals surface area contributed by atoms with Crippen LogP contribution in [0.3, 0.4) is 0 Å². The minimum absolute atomic E-state index is 0.104. The van der Waals surface area contributed by atoms with E-state index in [2.05, 4.69) is 15.2 Å². The summed E-state index contributed by atoms with van der Waals surface area (Å²) in [5.74, 6) is 0.912. The second kappa shape index (κ2) is 5.27. The maximum absolute atomic E-state index is 9.42. The second-order valence-electron chi connectivity index (χ2n) is 4.27. The third kappa shape index (κ3) is 2.93. The van der Waals surface area contributed by atoms with Gasteiger partial charge < -0.3 is 10.4 Å². The van der Waals surface area contributed by atoms with Gasteiger partial charge >= 0.3 is 0 Å². The van der Waals surface area contributed by atoms with Crippen LogP contribution in [0.5, 0.6) is 0 Å². The van der Waals surface area contributed by atoms with Gasteiger partial charge in [0, 0.05) is 26.7 Å². The molecule has 2 heterocycles. The van der Waals surface area contributed by atoms with Crippen molar-refractivity contribution in [2.45, 2.75) is 25.5 Å². The van der Waals surface area contributed by atoms with Crippen molar-refractivity contribution in [1.29, 1.82) is 0 Å². The van der Waals surface area contributed by atoms with Crippen LogP contribution >= 0.6 is 0 Å². The molecule has 1 aliphatic rings. The van der Waals surface area contributed by atoms with E-state index < -0.39 is 0 Å². The Morgan fingerprint density at radius 2 is 2.19 bits per heavy atom.